The van der Waals surface area contributed by atoms with E-state index in [9.17, 15) is 4.79 Å². The number of aliphatic hydroxyl groups is 2. The molecule has 92 valence electrons. The first-order chi connectivity index (χ1) is 8.08. The van der Waals surface area contributed by atoms with Crippen LogP contribution in [0.2, 0.25) is 0 Å². The lowest BCUT2D eigenvalue weighted by atomic mass is 10.2. The number of carbonyl (C=O) groups excluding carboxylic acids is 1. The van der Waals surface area contributed by atoms with Crippen LogP contribution in [0.4, 0.5) is 5.69 Å². The molecule has 0 heterocycles. The van der Waals surface area contributed by atoms with Crippen LogP contribution in [-0.2, 0) is 4.74 Å². The second-order valence-electron chi connectivity index (χ2n) is 3.67. The minimum absolute atomic E-state index is 0.211. The molecule has 1 rings (SSSR count). The third kappa shape index (κ3) is 3.63. The van der Waals surface area contributed by atoms with E-state index in [-0.39, 0.29) is 5.56 Å². The van der Waals surface area contributed by atoms with Crippen molar-refractivity contribution in [3.05, 3.63) is 29.8 Å². The topological polar surface area (TPSA) is 70.0 Å². The van der Waals surface area contributed by atoms with Crippen molar-refractivity contribution in [2.24, 2.45) is 0 Å². The number of anilines is 1. The number of ether oxygens (including phenoxy) is 1. The fraction of sp³-hybridized carbons (Fsp3) is 0.417. The Hall–Kier alpha value is -1.77. The summed E-state index contributed by atoms with van der Waals surface area (Å²) in [6, 6.07) is 8.73. The molecule has 0 aliphatic rings. The van der Waals surface area contributed by atoms with Crippen molar-refractivity contribution in [2.45, 2.75) is 6.10 Å². The first-order valence-electron chi connectivity index (χ1n) is 5.12. The van der Waals surface area contributed by atoms with Crippen LogP contribution < -0.4 is 4.90 Å². The molecule has 2 N–H and O–H groups in total. The Bertz CT molecular complexity index is 357. The van der Waals surface area contributed by atoms with Crippen LogP contribution >= 0.6 is 0 Å². The van der Waals surface area contributed by atoms with E-state index in [1.807, 2.05) is 19.0 Å². The lowest BCUT2D eigenvalue weighted by molar-refractivity contribution is -0.00544. The maximum atomic E-state index is 11.5. The molecule has 0 spiro atoms. The third-order valence-corrected chi connectivity index (χ3v) is 2.12. The van der Waals surface area contributed by atoms with Crippen LogP contribution in [-0.4, -0.2) is 49.6 Å². The van der Waals surface area contributed by atoms with Gasteiger partial charge >= 0.3 is 5.97 Å². The Balaban J connectivity index is 2.69. The van der Waals surface area contributed by atoms with E-state index in [0.717, 1.165) is 5.69 Å². The fourth-order valence-electron chi connectivity index (χ4n) is 1.10. The number of esters is 1. The van der Waals surface area contributed by atoms with Crippen molar-refractivity contribution in [2.75, 3.05) is 32.2 Å². The zero-order chi connectivity index (χ0) is 12.8. The van der Waals surface area contributed by atoms with Gasteiger partial charge in [0, 0.05) is 14.1 Å². The molecule has 5 nitrogen and oxygen atoms in total. The summed E-state index contributed by atoms with van der Waals surface area (Å²) in [6.45, 7) is -0.830. The van der Waals surface area contributed by atoms with Crippen molar-refractivity contribution in [1.82, 2.24) is 0 Å². The molecule has 17 heavy (non-hydrogen) atoms. The van der Waals surface area contributed by atoms with Crippen molar-refractivity contribution in [3.8, 4) is 0 Å². The number of rotatable bonds is 5. The SMILES string of the molecule is CN(C)c1c#cc(C(=O)OC(CO)CO)cc1. The maximum Gasteiger partial charge on any atom is 0.347 e. The Morgan fingerprint density at radius 2 is 2.00 bits per heavy atom. The Kier molecular flexibility index (Phi) is 4.76. The Labute approximate surface area is 100 Å². The van der Waals surface area contributed by atoms with Gasteiger partial charge in [-0.25, -0.2) is 4.79 Å². The molecule has 0 aliphatic carbocycles. The molecule has 0 aromatic heterocycles. The van der Waals surface area contributed by atoms with Gasteiger partial charge in [0.1, 0.15) is 11.7 Å². The third-order valence-electron chi connectivity index (χ3n) is 2.12. The molecule has 0 saturated heterocycles. The molecule has 0 amide bonds. The Morgan fingerprint density at radius 1 is 1.35 bits per heavy atom. The number of carbonyl (C=O) groups is 1. The van der Waals surface area contributed by atoms with Crippen LogP contribution in [0.3, 0.4) is 0 Å². The molecule has 1 aromatic rings. The molecule has 0 radical (unpaired) electrons. The van der Waals surface area contributed by atoms with Gasteiger partial charge in [-0.15, -0.1) is 0 Å². The van der Waals surface area contributed by atoms with Crippen LogP contribution in [0.5, 0.6) is 0 Å². The molecule has 0 fully saturated rings. The standard InChI is InChI=1S/C12H15NO4/c1-13(2)10-5-3-9(4-6-10)12(16)17-11(7-14)8-15/h3,5,11,14-15H,7-8H2,1-2H3. The average Bonchev–Trinajstić information content (AvgIpc) is 2.35. The van der Waals surface area contributed by atoms with Crippen molar-refractivity contribution in [1.29, 1.82) is 0 Å². The van der Waals surface area contributed by atoms with Crippen molar-refractivity contribution < 1.29 is 19.7 Å². The van der Waals surface area contributed by atoms with Crippen molar-refractivity contribution in [3.63, 3.8) is 0 Å². The van der Waals surface area contributed by atoms with E-state index in [1.54, 1.807) is 12.1 Å². The van der Waals surface area contributed by atoms with Gasteiger partial charge < -0.3 is 19.8 Å². The summed E-state index contributed by atoms with van der Waals surface area (Å²) in [5.74, 6) is -0.639. The second-order valence-corrected chi connectivity index (χ2v) is 3.67. The van der Waals surface area contributed by atoms with Gasteiger partial charge in [-0.05, 0) is 18.2 Å². The second kappa shape index (κ2) is 6.09. The highest BCUT2D eigenvalue weighted by atomic mass is 16.6. The zero-order valence-electron chi connectivity index (χ0n) is 9.80. The summed E-state index contributed by atoms with van der Waals surface area (Å²) in [7, 11) is 3.70. The molecule has 0 bridgehead atoms. The first kappa shape index (κ1) is 13.3. The predicted molar refractivity (Wildman–Crippen MR) is 61.8 cm³/mol. The van der Waals surface area contributed by atoms with E-state index in [1.165, 1.54) is 0 Å². The minimum atomic E-state index is -0.899. The summed E-state index contributed by atoms with van der Waals surface area (Å²) < 4.78 is 4.83. The van der Waals surface area contributed by atoms with Crippen LogP contribution in [0, 0.1) is 12.1 Å². The smallest absolute Gasteiger partial charge is 0.347 e. The summed E-state index contributed by atoms with van der Waals surface area (Å²) >= 11 is 0. The highest BCUT2D eigenvalue weighted by molar-refractivity contribution is 5.89. The normalized spacial score (nSPS) is 9.94. The quantitative estimate of drug-likeness (QED) is 0.698. The molecule has 1 aromatic carbocycles. The number of hydrogen-bond donors (Lipinski definition) is 2. The zero-order valence-corrected chi connectivity index (χ0v) is 9.80. The summed E-state index contributed by atoms with van der Waals surface area (Å²) in [5, 5.41) is 17.6. The first-order valence-corrected chi connectivity index (χ1v) is 5.12. The van der Waals surface area contributed by atoms with Crippen molar-refractivity contribution >= 4 is 11.7 Å². The highest BCUT2D eigenvalue weighted by Crippen LogP contribution is 2.08. The highest BCUT2D eigenvalue weighted by Gasteiger charge is 2.14. The average molecular weight is 237 g/mol. The van der Waals surface area contributed by atoms with Gasteiger partial charge in [0.25, 0.3) is 0 Å². The number of aliphatic hydroxyl groups excluding tert-OH is 2. The molecule has 0 atom stereocenters. The summed E-state index contributed by atoms with van der Waals surface area (Å²) in [4.78, 5) is 13.4. The van der Waals surface area contributed by atoms with Gasteiger partial charge in [-0.2, -0.15) is 0 Å². The molecule has 0 aliphatic heterocycles. The predicted octanol–water partition coefficient (Wildman–Crippen LogP) is -0.137. The summed E-state index contributed by atoms with van der Waals surface area (Å²) in [5.41, 5.74) is 1.00. The van der Waals surface area contributed by atoms with E-state index < -0.39 is 25.3 Å². The van der Waals surface area contributed by atoms with E-state index in [4.69, 9.17) is 14.9 Å². The van der Waals surface area contributed by atoms with E-state index in [2.05, 4.69) is 12.1 Å². The van der Waals surface area contributed by atoms with Crippen LogP contribution in [0.15, 0.2) is 12.1 Å². The van der Waals surface area contributed by atoms with E-state index in [0.29, 0.717) is 0 Å². The lowest BCUT2D eigenvalue weighted by Crippen LogP contribution is -2.25. The molecule has 5 heteroatoms. The Morgan fingerprint density at radius 3 is 2.41 bits per heavy atom. The van der Waals surface area contributed by atoms with E-state index >= 15 is 0 Å². The van der Waals surface area contributed by atoms with Gasteiger partial charge in [-0.1, -0.05) is 6.07 Å². The van der Waals surface area contributed by atoms with Gasteiger partial charge in [-0.3, -0.25) is 0 Å². The fourth-order valence-corrected chi connectivity index (χ4v) is 1.10. The monoisotopic (exact) mass is 237 g/mol. The largest absolute Gasteiger partial charge is 0.453 e. The van der Waals surface area contributed by atoms with Crippen LogP contribution in [0.25, 0.3) is 0 Å². The minimum Gasteiger partial charge on any atom is -0.453 e. The van der Waals surface area contributed by atoms with Gasteiger partial charge in [0.2, 0.25) is 0 Å². The summed E-state index contributed by atoms with van der Waals surface area (Å²) in [6.07, 6.45) is -0.899. The molecular formula is C12H15NO4. The lowest BCUT2D eigenvalue weighted by Gasteiger charge is -2.12. The molecule has 0 saturated carbocycles. The van der Waals surface area contributed by atoms with Gasteiger partial charge in [0.15, 0.2) is 0 Å². The number of hydrogen-bond acceptors (Lipinski definition) is 5. The van der Waals surface area contributed by atoms with Gasteiger partial charge in [0.05, 0.1) is 18.9 Å². The molecular weight excluding hydrogens is 222 g/mol. The number of nitrogens with zero attached hydrogens (tertiary/aromatic N) is 1. The molecule has 0 unspecified atom stereocenters. The maximum absolute atomic E-state index is 11.5. The van der Waals surface area contributed by atoms with Crippen LogP contribution in [0.1, 0.15) is 10.4 Å².